The van der Waals surface area contributed by atoms with Gasteiger partial charge in [-0.3, -0.25) is 9.59 Å². The fraction of sp³-hybridized carbons (Fsp3) is 0.333. The maximum absolute atomic E-state index is 12.7. The Morgan fingerprint density at radius 3 is 2.68 bits per heavy atom. The summed E-state index contributed by atoms with van der Waals surface area (Å²) in [5.74, 6) is -0.00869. The third kappa shape index (κ3) is 2.82. The van der Waals surface area contributed by atoms with Gasteiger partial charge in [0.2, 0.25) is 11.5 Å². The van der Waals surface area contributed by atoms with Gasteiger partial charge in [0.05, 0.1) is 5.92 Å². The molecule has 0 saturated carbocycles. The van der Waals surface area contributed by atoms with Crippen LogP contribution in [0.4, 0.5) is 0 Å². The Balaban J connectivity index is 1.77. The van der Waals surface area contributed by atoms with Gasteiger partial charge in [-0.1, -0.05) is 29.8 Å². The van der Waals surface area contributed by atoms with Crippen LogP contribution in [-0.2, 0) is 17.8 Å². The molecule has 3 rings (SSSR count). The van der Waals surface area contributed by atoms with Crippen LogP contribution in [0, 0.1) is 6.92 Å². The molecule has 0 radical (unpaired) electrons. The zero-order valence-corrected chi connectivity index (χ0v) is 12.9. The zero-order chi connectivity index (χ0) is 15.7. The predicted molar refractivity (Wildman–Crippen MR) is 85.8 cm³/mol. The first-order valence-corrected chi connectivity index (χ1v) is 7.60. The number of carbonyl (C=O) groups is 1. The molecule has 0 spiro atoms. The van der Waals surface area contributed by atoms with Gasteiger partial charge in [0.25, 0.3) is 0 Å². The number of benzene rings is 1. The number of aryl methyl sites for hydroxylation is 1. The fourth-order valence-corrected chi connectivity index (χ4v) is 2.92. The second kappa shape index (κ2) is 5.79. The monoisotopic (exact) mass is 296 g/mol. The minimum absolute atomic E-state index is 0.0773. The van der Waals surface area contributed by atoms with E-state index in [1.54, 1.807) is 12.3 Å². The number of hydrogen-bond acceptors (Lipinski definition) is 2. The van der Waals surface area contributed by atoms with Crippen LogP contribution >= 0.6 is 0 Å². The van der Waals surface area contributed by atoms with Crippen LogP contribution in [0.25, 0.3) is 0 Å². The topological polar surface area (TPSA) is 53.2 Å². The van der Waals surface area contributed by atoms with Crippen molar-refractivity contribution in [1.82, 2.24) is 9.88 Å². The van der Waals surface area contributed by atoms with Crippen molar-refractivity contribution in [1.29, 1.82) is 0 Å². The summed E-state index contributed by atoms with van der Waals surface area (Å²) in [6.45, 7) is 5.24. The molecule has 114 valence electrons. The highest BCUT2D eigenvalue weighted by atomic mass is 16.2. The number of nitrogens with zero attached hydrogens (tertiary/aromatic N) is 1. The van der Waals surface area contributed by atoms with Crippen LogP contribution in [0.1, 0.15) is 35.1 Å². The van der Waals surface area contributed by atoms with Gasteiger partial charge in [-0.15, -0.1) is 0 Å². The average Bonchev–Trinajstić information content (AvgIpc) is 2.53. The number of aromatic amines is 1. The summed E-state index contributed by atoms with van der Waals surface area (Å²) in [6, 6.07) is 9.76. The molecule has 4 heteroatoms. The van der Waals surface area contributed by atoms with Crippen LogP contribution in [0.15, 0.2) is 41.3 Å². The van der Waals surface area contributed by atoms with Crippen molar-refractivity contribution in [2.75, 3.05) is 6.54 Å². The molecule has 22 heavy (non-hydrogen) atoms. The van der Waals surface area contributed by atoms with Gasteiger partial charge in [0, 0.05) is 25.4 Å². The summed E-state index contributed by atoms with van der Waals surface area (Å²) in [5, 5.41) is 0. The van der Waals surface area contributed by atoms with E-state index in [0.717, 1.165) is 23.1 Å². The van der Waals surface area contributed by atoms with Gasteiger partial charge < -0.3 is 9.88 Å². The molecule has 1 aromatic carbocycles. The molecule has 4 nitrogen and oxygen atoms in total. The average molecular weight is 296 g/mol. The first-order valence-electron chi connectivity index (χ1n) is 7.60. The quantitative estimate of drug-likeness (QED) is 0.925. The maximum atomic E-state index is 12.7. The lowest BCUT2D eigenvalue weighted by Crippen LogP contribution is -2.38. The van der Waals surface area contributed by atoms with Crippen LogP contribution in [-0.4, -0.2) is 22.3 Å². The second-order valence-electron chi connectivity index (χ2n) is 5.99. The molecule has 1 aliphatic rings. The van der Waals surface area contributed by atoms with Crippen molar-refractivity contribution in [3.63, 3.8) is 0 Å². The summed E-state index contributed by atoms with van der Waals surface area (Å²) in [4.78, 5) is 28.6. The molecule has 2 heterocycles. The van der Waals surface area contributed by atoms with E-state index in [1.807, 2.05) is 43.0 Å². The number of amides is 1. The van der Waals surface area contributed by atoms with E-state index < -0.39 is 0 Å². The maximum Gasteiger partial charge on any atom is 0.248 e. The number of rotatable bonds is 2. The SMILES string of the molecule is Cc1ccc(C(C)C(=O)N2CCc3cc(=O)[nH]cc3C2)cc1. The summed E-state index contributed by atoms with van der Waals surface area (Å²) < 4.78 is 0. The number of H-pyrrole nitrogens is 1. The van der Waals surface area contributed by atoms with Crippen LogP contribution in [0.2, 0.25) is 0 Å². The number of fused-ring (bicyclic) bond motifs is 1. The summed E-state index contributed by atoms with van der Waals surface area (Å²) >= 11 is 0. The molecule has 1 atom stereocenters. The highest BCUT2D eigenvalue weighted by Crippen LogP contribution is 2.23. The van der Waals surface area contributed by atoms with Gasteiger partial charge >= 0.3 is 0 Å². The number of aromatic nitrogens is 1. The highest BCUT2D eigenvalue weighted by Gasteiger charge is 2.25. The normalized spacial score (nSPS) is 15.3. The Bertz CT molecular complexity index is 746. The molecular formula is C18H20N2O2. The highest BCUT2D eigenvalue weighted by molar-refractivity contribution is 5.83. The largest absolute Gasteiger partial charge is 0.337 e. The molecule has 1 unspecified atom stereocenters. The number of nitrogens with one attached hydrogen (secondary N) is 1. The molecule has 1 N–H and O–H groups in total. The molecular weight excluding hydrogens is 276 g/mol. The lowest BCUT2D eigenvalue weighted by Gasteiger charge is -2.30. The number of carbonyl (C=O) groups excluding carboxylic acids is 1. The van der Waals surface area contributed by atoms with E-state index in [4.69, 9.17) is 0 Å². The van der Waals surface area contributed by atoms with Crippen molar-refractivity contribution >= 4 is 5.91 Å². The third-order valence-electron chi connectivity index (χ3n) is 4.38. The Labute approximate surface area is 129 Å². The van der Waals surface area contributed by atoms with E-state index in [1.165, 1.54) is 5.56 Å². The number of hydrogen-bond donors (Lipinski definition) is 1. The molecule has 0 aliphatic carbocycles. The summed E-state index contributed by atoms with van der Waals surface area (Å²) in [6.07, 6.45) is 2.47. The van der Waals surface area contributed by atoms with E-state index >= 15 is 0 Å². The smallest absolute Gasteiger partial charge is 0.248 e. The van der Waals surface area contributed by atoms with Crippen molar-refractivity contribution < 1.29 is 4.79 Å². The Hall–Kier alpha value is -2.36. The number of pyridine rings is 1. The van der Waals surface area contributed by atoms with Crippen molar-refractivity contribution in [3.05, 3.63) is 69.1 Å². The molecule has 1 aliphatic heterocycles. The summed E-state index contributed by atoms with van der Waals surface area (Å²) in [5.41, 5.74) is 4.25. The molecule has 0 fully saturated rings. The predicted octanol–water partition coefficient (Wildman–Crippen LogP) is 2.37. The van der Waals surface area contributed by atoms with E-state index in [9.17, 15) is 9.59 Å². The lowest BCUT2D eigenvalue weighted by atomic mass is 9.96. The van der Waals surface area contributed by atoms with Crippen molar-refractivity contribution in [2.45, 2.75) is 32.7 Å². The van der Waals surface area contributed by atoms with Crippen molar-refractivity contribution in [2.24, 2.45) is 0 Å². The molecule has 0 bridgehead atoms. The van der Waals surface area contributed by atoms with Gasteiger partial charge in [0.1, 0.15) is 0 Å². The van der Waals surface area contributed by atoms with E-state index in [-0.39, 0.29) is 17.4 Å². The van der Waals surface area contributed by atoms with Gasteiger partial charge in [-0.2, -0.15) is 0 Å². The van der Waals surface area contributed by atoms with Crippen LogP contribution in [0.3, 0.4) is 0 Å². The Morgan fingerprint density at radius 1 is 1.23 bits per heavy atom. The lowest BCUT2D eigenvalue weighted by molar-refractivity contribution is -0.133. The molecule has 0 saturated heterocycles. The van der Waals surface area contributed by atoms with Crippen molar-refractivity contribution in [3.8, 4) is 0 Å². The first-order chi connectivity index (χ1) is 10.5. The van der Waals surface area contributed by atoms with Gasteiger partial charge in [-0.05, 0) is 37.0 Å². The molecule has 2 aromatic rings. The van der Waals surface area contributed by atoms with E-state index in [0.29, 0.717) is 13.1 Å². The minimum Gasteiger partial charge on any atom is -0.337 e. The third-order valence-corrected chi connectivity index (χ3v) is 4.38. The standard InChI is InChI=1S/C18H20N2O2/c1-12-3-5-14(6-4-12)13(2)18(22)20-8-7-15-9-17(21)19-10-16(15)11-20/h3-6,9-10,13H,7-8,11H2,1-2H3,(H,19,21). The fourth-order valence-electron chi connectivity index (χ4n) is 2.92. The minimum atomic E-state index is -0.148. The van der Waals surface area contributed by atoms with Crippen LogP contribution < -0.4 is 5.56 Å². The molecule has 1 aromatic heterocycles. The second-order valence-corrected chi connectivity index (χ2v) is 5.99. The first kappa shape index (κ1) is 14.6. The van der Waals surface area contributed by atoms with Crippen LogP contribution in [0.5, 0.6) is 0 Å². The van der Waals surface area contributed by atoms with E-state index in [2.05, 4.69) is 4.98 Å². The Kier molecular flexibility index (Phi) is 3.84. The van der Waals surface area contributed by atoms with Gasteiger partial charge in [0.15, 0.2) is 0 Å². The molecule has 1 amide bonds. The zero-order valence-electron chi connectivity index (χ0n) is 12.9. The summed E-state index contributed by atoms with van der Waals surface area (Å²) in [7, 11) is 0. The Morgan fingerprint density at radius 2 is 1.95 bits per heavy atom. The van der Waals surface area contributed by atoms with Gasteiger partial charge in [-0.25, -0.2) is 0 Å².